The predicted molar refractivity (Wildman–Crippen MR) is 79.3 cm³/mol. The fraction of sp³-hybridized carbons (Fsp3) is 0.467. The Morgan fingerprint density at radius 1 is 1.19 bits per heavy atom. The zero-order chi connectivity index (χ0) is 15.1. The highest BCUT2D eigenvalue weighted by atomic mass is 32.2. The minimum atomic E-state index is -2.36. The molecular formula is C15H19F2NO2S. The van der Waals surface area contributed by atoms with Crippen molar-refractivity contribution in [2.24, 2.45) is 0 Å². The second kappa shape index (κ2) is 8.24. The Labute approximate surface area is 127 Å². The number of nitrogens with one attached hydrogen (secondary N) is 1. The summed E-state index contributed by atoms with van der Waals surface area (Å²) in [6, 6.07) is 7.74. The van der Waals surface area contributed by atoms with E-state index in [-0.39, 0.29) is 5.75 Å². The third-order valence-electron chi connectivity index (χ3n) is 3.10. The third-order valence-corrected chi connectivity index (χ3v) is 3.80. The Kier molecular flexibility index (Phi) is 6.32. The lowest BCUT2D eigenvalue weighted by Crippen LogP contribution is -2.25. The average molecular weight is 315 g/mol. The second-order valence-electron chi connectivity index (χ2n) is 4.84. The molecule has 0 aromatic carbocycles. The van der Waals surface area contributed by atoms with Crippen LogP contribution in [0, 0.1) is 0 Å². The highest BCUT2D eigenvalue weighted by molar-refractivity contribution is 7.98. The molecule has 2 heterocycles. The molecule has 1 N–H and O–H groups in total. The smallest absolute Gasteiger partial charge is 0.284 e. The predicted octanol–water partition coefficient (Wildman–Crippen LogP) is 4.44. The molecule has 0 aliphatic rings. The van der Waals surface area contributed by atoms with Crippen LogP contribution in [0.25, 0.3) is 0 Å². The molecule has 21 heavy (non-hydrogen) atoms. The van der Waals surface area contributed by atoms with Crippen LogP contribution in [0.4, 0.5) is 8.78 Å². The van der Waals surface area contributed by atoms with Gasteiger partial charge in [0.2, 0.25) is 0 Å². The van der Waals surface area contributed by atoms with Gasteiger partial charge >= 0.3 is 0 Å². The maximum atomic E-state index is 12.1. The molecule has 2 rings (SSSR count). The lowest BCUT2D eigenvalue weighted by atomic mass is 10.1. The first-order valence-corrected chi connectivity index (χ1v) is 7.91. The lowest BCUT2D eigenvalue weighted by molar-refractivity contribution is 0.251. The van der Waals surface area contributed by atoms with E-state index in [1.165, 1.54) is 0 Å². The topological polar surface area (TPSA) is 38.3 Å². The number of rotatable bonds is 9. The van der Waals surface area contributed by atoms with E-state index in [0.29, 0.717) is 30.1 Å². The van der Waals surface area contributed by atoms with Crippen molar-refractivity contribution in [1.29, 1.82) is 0 Å². The largest absolute Gasteiger partial charge is 0.469 e. The first kappa shape index (κ1) is 16.1. The van der Waals surface area contributed by atoms with Crippen LogP contribution in [0.15, 0.2) is 39.4 Å². The highest BCUT2D eigenvalue weighted by Crippen LogP contribution is 2.21. The average Bonchev–Trinajstić information content (AvgIpc) is 3.12. The van der Waals surface area contributed by atoms with Crippen LogP contribution in [0.5, 0.6) is 0 Å². The SMILES string of the molecule is CC(CCc1ccco1)NCc1ccc(CSC(F)F)o1. The van der Waals surface area contributed by atoms with Crippen molar-refractivity contribution >= 4 is 11.8 Å². The van der Waals surface area contributed by atoms with Gasteiger partial charge in [0, 0.05) is 12.5 Å². The van der Waals surface area contributed by atoms with Gasteiger partial charge in [-0.15, -0.1) is 0 Å². The van der Waals surface area contributed by atoms with Gasteiger partial charge in [0.1, 0.15) is 17.3 Å². The van der Waals surface area contributed by atoms with E-state index in [9.17, 15) is 8.78 Å². The van der Waals surface area contributed by atoms with Gasteiger partial charge < -0.3 is 14.2 Å². The van der Waals surface area contributed by atoms with Crippen LogP contribution >= 0.6 is 11.8 Å². The van der Waals surface area contributed by atoms with Gasteiger partial charge in [-0.1, -0.05) is 11.8 Å². The maximum Gasteiger partial charge on any atom is 0.284 e. The summed E-state index contributed by atoms with van der Waals surface area (Å²) in [4.78, 5) is 0. The van der Waals surface area contributed by atoms with E-state index in [1.807, 2.05) is 18.2 Å². The van der Waals surface area contributed by atoms with Crippen molar-refractivity contribution in [3.8, 4) is 0 Å². The molecule has 0 fully saturated rings. The zero-order valence-electron chi connectivity index (χ0n) is 11.9. The standard InChI is InChI=1S/C15H19F2NO2S/c1-11(4-5-12-3-2-8-19-12)18-9-13-6-7-14(20-13)10-21-15(16)17/h2-3,6-8,11,15,18H,4-5,9-10H2,1H3. The molecule has 0 saturated heterocycles. The molecule has 3 nitrogen and oxygen atoms in total. The quantitative estimate of drug-likeness (QED) is 0.742. The molecule has 0 amide bonds. The second-order valence-corrected chi connectivity index (χ2v) is 5.82. The van der Waals surface area contributed by atoms with Gasteiger partial charge in [-0.3, -0.25) is 0 Å². The van der Waals surface area contributed by atoms with Crippen molar-refractivity contribution in [3.05, 3.63) is 47.8 Å². The highest BCUT2D eigenvalue weighted by Gasteiger charge is 2.09. The summed E-state index contributed by atoms with van der Waals surface area (Å²) in [7, 11) is 0. The Hall–Kier alpha value is -1.27. The van der Waals surface area contributed by atoms with Crippen molar-refractivity contribution < 1.29 is 17.6 Å². The van der Waals surface area contributed by atoms with E-state index in [4.69, 9.17) is 8.83 Å². The Bertz CT molecular complexity index is 513. The zero-order valence-corrected chi connectivity index (χ0v) is 12.7. The Morgan fingerprint density at radius 3 is 2.71 bits per heavy atom. The molecule has 0 radical (unpaired) electrons. The van der Waals surface area contributed by atoms with E-state index in [1.54, 1.807) is 12.3 Å². The normalized spacial score (nSPS) is 13.0. The van der Waals surface area contributed by atoms with Crippen LogP contribution in [0.1, 0.15) is 30.6 Å². The fourth-order valence-electron chi connectivity index (χ4n) is 1.93. The number of furan rings is 2. The minimum Gasteiger partial charge on any atom is -0.469 e. The van der Waals surface area contributed by atoms with Crippen molar-refractivity contribution in [2.75, 3.05) is 0 Å². The molecular weight excluding hydrogens is 296 g/mol. The van der Waals surface area contributed by atoms with Crippen LogP contribution in [-0.2, 0) is 18.7 Å². The van der Waals surface area contributed by atoms with E-state index in [2.05, 4.69) is 12.2 Å². The molecule has 0 bridgehead atoms. The monoisotopic (exact) mass is 315 g/mol. The van der Waals surface area contributed by atoms with E-state index in [0.717, 1.165) is 24.4 Å². The number of aryl methyl sites for hydroxylation is 1. The molecule has 2 aromatic heterocycles. The number of thioether (sulfide) groups is 1. The summed E-state index contributed by atoms with van der Waals surface area (Å²) in [6.45, 7) is 2.69. The Morgan fingerprint density at radius 2 is 2.00 bits per heavy atom. The molecule has 2 aromatic rings. The summed E-state index contributed by atoms with van der Waals surface area (Å²) in [5, 5.41) is 3.35. The van der Waals surface area contributed by atoms with Gasteiger partial charge in [0.15, 0.2) is 0 Å². The van der Waals surface area contributed by atoms with Gasteiger partial charge in [0.05, 0.1) is 18.6 Å². The Balaban J connectivity index is 1.67. The van der Waals surface area contributed by atoms with Gasteiger partial charge in [0.25, 0.3) is 5.76 Å². The molecule has 116 valence electrons. The van der Waals surface area contributed by atoms with Crippen LogP contribution in [-0.4, -0.2) is 11.8 Å². The maximum absolute atomic E-state index is 12.1. The van der Waals surface area contributed by atoms with Crippen LogP contribution in [0.3, 0.4) is 0 Å². The van der Waals surface area contributed by atoms with Crippen molar-refractivity contribution in [3.63, 3.8) is 0 Å². The summed E-state index contributed by atoms with van der Waals surface area (Å²) < 4.78 is 35.0. The summed E-state index contributed by atoms with van der Waals surface area (Å²) >= 11 is 0.571. The fourth-order valence-corrected chi connectivity index (χ4v) is 2.38. The van der Waals surface area contributed by atoms with Crippen LogP contribution in [0.2, 0.25) is 0 Å². The summed E-state index contributed by atoms with van der Waals surface area (Å²) in [5.41, 5.74) is 0. The van der Waals surface area contributed by atoms with Gasteiger partial charge in [-0.2, -0.15) is 8.78 Å². The van der Waals surface area contributed by atoms with Crippen LogP contribution < -0.4 is 5.32 Å². The van der Waals surface area contributed by atoms with Crippen molar-refractivity contribution in [2.45, 2.75) is 43.9 Å². The molecule has 1 unspecified atom stereocenters. The number of hydrogen-bond acceptors (Lipinski definition) is 4. The first-order chi connectivity index (χ1) is 10.1. The minimum absolute atomic E-state index is 0.200. The molecule has 0 saturated carbocycles. The molecule has 6 heteroatoms. The van der Waals surface area contributed by atoms with Gasteiger partial charge in [-0.25, -0.2) is 0 Å². The number of hydrogen-bond donors (Lipinski definition) is 1. The van der Waals surface area contributed by atoms with Crippen molar-refractivity contribution in [1.82, 2.24) is 5.32 Å². The van der Waals surface area contributed by atoms with Gasteiger partial charge in [-0.05, 0) is 37.6 Å². The van der Waals surface area contributed by atoms with E-state index >= 15 is 0 Å². The summed E-state index contributed by atoms with van der Waals surface area (Å²) in [5.74, 6) is 0.169. The third kappa shape index (κ3) is 5.93. The molecule has 1 atom stereocenters. The number of halogens is 2. The molecule has 0 aliphatic heterocycles. The van der Waals surface area contributed by atoms with E-state index < -0.39 is 5.76 Å². The molecule has 0 aliphatic carbocycles. The molecule has 0 spiro atoms. The first-order valence-electron chi connectivity index (χ1n) is 6.86. The summed E-state index contributed by atoms with van der Waals surface area (Å²) in [6.07, 6.45) is 3.52. The lowest BCUT2D eigenvalue weighted by Gasteiger charge is -2.11. The number of alkyl halides is 2.